The van der Waals surface area contributed by atoms with Crippen LogP contribution in [0.3, 0.4) is 0 Å². The molecule has 25 heavy (non-hydrogen) atoms. The standard InChI is InChI=1S/C18H17N3O2S.BrH/c1-22-16-9-8-13(10-17(16)23-2)11-19-21-18-20-15(12-24-18)14-6-4-3-5-7-14;/h3-12H,1-2H3,(H,20,21);1H. The first-order valence-corrected chi connectivity index (χ1v) is 8.20. The van der Waals surface area contributed by atoms with Crippen molar-refractivity contribution in [1.82, 2.24) is 4.98 Å². The van der Waals surface area contributed by atoms with Crippen molar-refractivity contribution in [2.24, 2.45) is 5.10 Å². The Labute approximate surface area is 161 Å². The number of nitrogens with one attached hydrogen (secondary N) is 1. The number of rotatable bonds is 6. The first-order chi connectivity index (χ1) is 11.8. The fourth-order valence-corrected chi connectivity index (χ4v) is 2.83. The summed E-state index contributed by atoms with van der Waals surface area (Å²) in [7, 11) is 3.22. The van der Waals surface area contributed by atoms with Crippen molar-refractivity contribution in [3.63, 3.8) is 0 Å². The molecule has 0 spiro atoms. The molecule has 0 fully saturated rings. The highest BCUT2D eigenvalue weighted by atomic mass is 79.9. The van der Waals surface area contributed by atoms with Gasteiger partial charge in [0.1, 0.15) is 0 Å². The van der Waals surface area contributed by atoms with Gasteiger partial charge in [-0.05, 0) is 23.8 Å². The lowest BCUT2D eigenvalue weighted by Crippen LogP contribution is -1.93. The summed E-state index contributed by atoms with van der Waals surface area (Å²) >= 11 is 1.51. The molecule has 0 atom stereocenters. The highest BCUT2D eigenvalue weighted by Crippen LogP contribution is 2.27. The van der Waals surface area contributed by atoms with Gasteiger partial charge in [-0.25, -0.2) is 4.98 Å². The van der Waals surface area contributed by atoms with Gasteiger partial charge in [0.2, 0.25) is 5.13 Å². The Balaban J connectivity index is 0.00000225. The van der Waals surface area contributed by atoms with E-state index in [9.17, 15) is 0 Å². The van der Waals surface area contributed by atoms with E-state index in [-0.39, 0.29) is 17.0 Å². The second-order valence-corrected chi connectivity index (χ2v) is 5.75. The third-order valence-electron chi connectivity index (χ3n) is 3.36. The van der Waals surface area contributed by atoms with Gasteiger partial charge in [0.25, 0.3) is 0 Å². The fourth-order valence-electron chi connectivity index (χ4n) is 2.16. The number of hydrogen-bond donors (Lipinski definition) is 1. The quantitative estimate of drug-likeness (QED) is 0.458. The van der Waals surface area contributed by atoms with Crippen LogP contribution in [0.5, 0.6) is 11.5 Å². The first-order valence-electron chi connectivity index (χ1n) is 7.32. The highest BCUT2D eigenvalue weighted by molar-refractivity contribution is 8.93. The second kappa shape index (κ2) is 9.19. The zero-order chi connectivity index (χ0) is 16.8. The Morgan fingerprint density at radius 3 is 2.52 bits per heavy atom. The van der Waals surface area contributed by atoms with E-state index in [0.29, 0.717) is 11.5 Å². The van der Waals surface area contributed by atoms with Gasteiger partial charge in [0.05, 0.1) is 26.1 Å². The van der Waals surface area contributed by atoms with Gasteiger partial charge in [-0.3, -0.25) is 5.43 Å². The fraction of sp³-hybridized carbons (Fsp3) is 0.111. The van der Waals surface area contributed by atoms with Crippen LogP contribution < -0.4 is 14.9 Å². The molecular formula is C18H18BrN3O2S. The van der Waals surface area contributed by atoms with Crippen LogP contribution in [-0.4, -0.2) is 25.4 Å². The number of nitrogens with zero attached hydrogens (tertiary/aromatic N) is 2. The molecule has 7 heteroatoms. The van der Waals surface area contributed by atoms with E-state index in [0.717, 1.165) is 22.0 Å². The molecule has 5 nitrogen and oxygen atoms in total. The number of anilines is 1. The summed E-state index contributed by atoms with van der Waals surface area (Å²) in [5.74, 6) is 1.36. The van der Waals surface area contributed by atoms with E-state index < -0.39 is 0 Å². The predicted molar refractivity (Wildman–Crippen MR) is 109 cm³/mol. The molecule has 1 N–H and O–H groups in total. The Hall–Kier alpha value is -2.38. The average molecular weight is 420 g/mol. The van der Waals surface area contributed by atoms with E-state index >= 15 is 0 Å². The zero-order valence-corrected chi connectivity index (χ0v) is 16.3. The third-order valence-corrected chi connectivity index (χ3v) is 4.10. The van der Waals surface area contributed by atoms with Crippen LogP contribution in [0.2, 0.25) is 0 Å². The van der Waals surface area contributed by atoms with Crippen molar-refractivity contribution in [1.29, 1.82) is 0 Å². The lowest BCUT2D eigenvalue weighted by atomic mass is 10.2. The van der Waals surface area contributed by atoms with Crippen molar-refractivity contribution in [2.75, 3.05) is 19.6 Å². The molecule has 3 aromatic rings. The van der Waals surface area contributed by atoms with Crippen LogP contribution in [0, 0.1) is 0 Å². The topological polar surface area (TPSA) is 55.7 Å². The van der Waals surface area contributed by atoms with Crippen LogP contribution in [0.25, 0.3) is 11.3 Å². The van der Waals surface area contributed by atoms with Crippen LogP contribution in [0.1, 0.15) is 5.56 Å². The molecule has 1 heterocycles. The molecule has 0 bridgehead atoms. The summed E-state index contributed by atoms with van der Waals surface area (Å²) in [5, 5.41) is 6.97. The summed E-state index contributed by atoms with van der Waals surface area (Å²) < 4.78 is 10.5. The normalized spacial score (nSPS) is 10.3. The van der Waals surface area contributed by atoms with E-state index in [2.05, 4.69) is 15.5 Å². The average Bonchev–Trinajstić information content (AvgIpc) is 3.11. The van der Waals surface area contributed by atoms with Crippen LogP contribution >= 0.6 is 28.3 Å². The molecule has 0 aliphatic carbocycles. The smallest absolute Gasteiger partial charge is 0.203 e. The number of hydrazone groups is 1. The highest BCUT2D eigenvalue weighted by Gasteiger charge is 2.04. The zero-order valence-electron chi connectivity index (χ0n) is 13.8. The number of thiazole rings is 1. The summed E-state index contributed by atoms with van der Waals surface area (Å²) in [4.78, 5) is 4.52. The number of hydrogen-bond acceptors (Lipinski definition) is 6. The monoisotopic (exact) mass is 419 g/mol. The number of aromatic nitrogens is 1. The largest absolute Gasteiger partial charge is 0.493 e. The molecule has 0 saturated heterocycles. The molecule has 0 amide bonds. The number of methoxy groups -OCH3 is 2. The van der Waals surface area contributed by atoms with Gasteiger partial charge in [-0.15, -0.1) is 28.3 Å². The summed E-state index contributed by atoms with van der Waals surface area (Å²) in [6, 6.07) is 15.7. The van der Waals surface area contributed by atoms with E-state index in [1.807, 2.05) is 53.9 Å². The van der Waals surface area contributed by atoms with Crippen molar-refractivity contribution in [3.05, 3.63) is 59.5 Å². The van der Waals surface area contributed by atoms with Crippen molar-refractivity contribution in [3.8, 4) is 22.8 Å². The molecular weight excluding hydrogens is 402 g/mol. The molecule has 1 aromatic heterocycles. The van der Waals surface area contributed by atoms with Gasteiger partial charge in [-0.1, -0.05) is 30.3 Å². The molecule has 0 radical (unpaired) electrons. The minimum absolute atomic E-state index is 0. The molecule has 2 aromatic carbocycles. The Morgan fingerprint density at radius 1 is 1.04 bits per heavy atom. The van der Waals surface area contributed by atoms with Crippen LogP contribution in [0.4, 0.5) is 5.13 Å². The number of halogens is 1. The molecule has 0 saturated carbocycles. The van der Waals surface area contributed by atoms with Gasteiger partial charge in [0, 0.05) is 10.9 Å². The number of ether oxygens (including phenoxy) is 2. The van der Waals surface area contributed by atoms with Crippen molar-refractivity contribution in [2.45, 2.75) is 0 Å². The minimum Gasteiger partial charge on any atom is -0.493 e. The molecule has 0 aliphatic rings. The van der Waals surface area contributed by atoms with Gasteiger partial charge < -0.3 is 9.47 Å². The Morgan fingerprint density at radius 2 is 1.80 bits per heavy atom. The summed E-state index contributed by atoms with van der Waals surface area (Å²) in [6.07, 6.45) is 1.71. The van der Waals surface area contributed by atoms with Gasteiger partial charge in [-0.2, -0.15) is 5.10 Å². The molecule has 3 rings (SSSR count). The predicted octanol–water partition coefficient (Wildman–Crippen LogP) is 4.85. The first kappa shape index (κ1) is 19.0. The van der Waals surface area contributed by atoms with Crippen molar-refractivity contribution < 1.29 is 9.47 Å². The van der Waals surface area contributed by atoms with Crippen LogP contribution in [0.15, 0.2) is 59.0 Å². The number of benzene rings is 2. The lowest BCUT2D eigenvalue weighted by Gasteiger charge is -2.07. The third kappa shape index (κ3) is 4.80. The maximum absolute atomic E-state index is 5.28. The maximum atomic E-state index is 5.28. The summed E-state index contributed by atoms with van der Waals surface area (Å²) in [6.45, 7) is 0. The molecule has 0 unspecified atom stereocenters. The van der Waals surface area contributed by atoms with E-state index in [1.54, 1.807) is 20.4 Å². The van der Waals surface area contributed by atoms with Crippen LogP contribution in [-0.2, 0) is 0 Å². The molecule has 130 valence electrons. The van der Waals surface area contributed by atoms with E-state index in [1.165, 1.54) is 11.3 Å². The Bertz CT molecular complexity index is 837. The summed E-state index contributed by atoms with van der Waals surface area (Å²) in [5.41, 5.74) is 5.88. The SMILES string of the molecule is Br.COc1ccc(C=NNc2nc(-c3ccccc3)cs2)cc1OC. The minimum atomic E-state index is 0. The van der Waals surface area contributed by atoms with Crippen molar-refractivity contribution >= 4 is 39.7 Å². The van der Waals surface area contributed by atoms with E-state index in [4.69, 9.17) is 9.47 Å². The molecule has 0 aliphatic heterocycles. The second-order valence-electron chi connectivity index (χ2n) is 4.89. The lowest BCUT2D eigenvalue weighted by molar-refractivity contribution is 0.355. The maximum Gasteiger partial charge on any atom is 0.203 e. The van der Waals surface area contributed by atoms with Gasteiger partial charge in [0.15, 0.2) is 11.5 Å². The Kier molecular flexibility index (Phi) is 6.97. The van der Waals surface area contributed by atoms with Gasteiger partial charge >= 0.3 is 0 Å².